The minimum atomic E-state index is -0.827. The topological polar surface area (TPSA) is 96.3 Å². The number of amides is 1. The maximum atomic E-state index is 12.8. The predicted molar refractivity (Wildman–Crippen MR) is 107 cm³/mol. The number of aliphatic hydroxyl groups excluding tert-OH is 1. The molecule has 7 nitrogen and oxygen atoms in total. The van der Waals surface area contributed by atoms with Crippen molar-refractivity contribution in [1.29, 1.82) is 0 Å². The van der Waals surface area contributed by atoms with Crippen LogP contribution in [0.5, 0.6) is 11.5 Å². The summed E-state index contributed by atoms with van der Waals surface area (Å²) in [6.45, 7) is 0.378. The van der Waals surface area contributed by atoms with Gasteiger partial charge in [0.1, 0.15) is 17.3 Å². The Morgan fingerprint density at radius 2 is 1.83 bits per heavy atom. The first-order chi connectivity index (χ1) is 13.9. The Bertz CT molecular complexity index is 970. The van der Waals surface area contributed by atoms with Gasteiger partial charge in [0.2, 0.25) is 0 Å². The highest BCUT2D eigenvalue weighted by Crippen LogP contribution is 2.40. The van der Waals surface area contributed by atoms with Gasteiger partial charge in [-0.2, -0.15) is 0 Å². The molecule has 152 valence electrons. The summed E-state index contributed by atoms with van der Waals surface area (Å²) in [4.78, 5) is 26.8. The van der Waals surface area contributed by atoms with Crippen LogP contribution in [0.2, 0.25) is 5.02 Å². The van der Waals surface area contributed by atoms with Crippen LogP contribution in [-0.2, 0) is 14.3 Å². The zero-order valence-corrected chi connectivity index (χ0v) is 16.6. The molecule has 2 N–H and O–H groups in total. The number of halogens is 1. The molecule has 0 aliphatic carbocycles. The zero-order valence-electron chi connectivity index (χ0n) is 15.9. The van der Waals surface area contributed by atoms with Gasteiger partial charge >= 0.3 is 0 Å². The van der Waals surface area contributed by atoms with Crippen LogP contribution in [0.15, 0.2) is 48.0 Å². The molecule has 0 saturated carbocycles. The number of rotatable bonds is 6. The van der Waals surface area contributed by atoms with Gasteiger partial charge in [-0.15, -0.1) is 0 Å². The standard InChI is InChI=1S/C21H20ClNO6/c1-28-10-9-23-18(12-3-6-14(24)7-4-12)17(20(26)21(23)27)19(25)13-5-8-16(29-2)15(22)11-13/h3-8,11,18,24-25H,9-10H2,1-2H3/b19-17-. The lowest BCUT2D eigenvalue weighted by Gasteiger charge is -2.25. The lowest BCUT2D eigenvalue weighted by molar-refractivity contribution is -0.140. The highest BCUT2D eigenvalue weighted by molar-refractivity contribution is 6.46. The van der Waals surface area contributed by atoms with E-state index in [0.29, 0.717) is 11.3 Å². The van der Waals surface area contributed by atoms with Crippen molar-refractivity contribution in [3.8, 4) is 11.5 Å². The average Bonchev–Trinajstić information content (AvgIpc) is 2.96. The van der Waals surface area contributed by atoms with Gasteiger partial charge in [-0.1, -0.05) is 23.7 Å². The molecular weight excluding hydrogens is 398 g/mol. The van der Waals surface area contributed by atoms with Crippen LogP contribution in [0.25, 0.3) is 5.76 Å². The molecule has 1 amide bonds. The Balaban J connectivity index is 2.15. The summed E-state index contributed by atoms with van der Waals surface area (Å²) in [5.74, 6) is -1.42. The van der Waals surface area contributed by atoms with Crippen LogP contribution in [0.3, 0.4) is 0 Å². The Morgan fingerprint density at radius 1 is 1.14 bits per heavy atom. The molecule has 1 unspecified atom stereocenters. The highest BCUT2D eigenvalue weighted by Gasteiger charge is 2.45. The number of phenolic OH excluding ortho intramolecular Hbond substituents is 1. The largest absolute Gasteiger partial charge is 0.508 e. The second kappa shape index (κ2) is 8.55. The second-order valence-electron chi connectivity index (χ2n) is 6.43. The fourth-order valence-electron chi connectivity index (χ4n) is 3.27. The first-order valence-electron chi connectivity index (χ1n) is 8.79. The number of benzene rings is 2. The molecular formula is C21H20ClNO6. The van der Waals surface area contributed by atoms with Crippen LogP contribution in [0, 0.1) is 0 Å². The Labute approximate surface area is 172 Å². The van der Waals surface area contributed by atoms with E-state index in [1.807, 2.05) is 0 Å². The quantitative estimate of drug-likeness (QED) is 0.426. The van der Waals surface area contributed by atoms with E-state index in [-0.39, 0.29) is 40.8 Å². The molecule has 1 aliphatic rings. The van der Waals surface area contributed by atoms with Crippen molar-refractivity contribution in [2.24, 2.45) is 0 Å². The molecule has 2 aromatic carbocycles. The number of carbonyl (C=O) groups is 2. The second-order valence-corrected chi connectivity index (χ2v) is 6.83. The fourth-order valence-corrected chi connectivity index (χ4v) is 3.53. The van der Waals surface area contributed by atoms with Gasteiger partial charge in [0.25, 0.3) is 11.7 Å². The van der Waals surface area contributed by atoms with Crippen molar-refractivity contribution in [2.75, 3.05) is 27.4 Å². The number of Topliss-reactive ketones (excluding diaryl/α,β-unsaturated/α-hetero) is 1. The molecule has 1 atom stereocenters. The Hall–Kier alpha value is -3.03. The summed E-state index contributed by atoms with van der Waals surface area (Å²) in [5, 5.41) is 20.8. The van der Waals surface area contributed by atoms with Crippen molar-refractivity contribution < 1.29 is 29.3 Å². The van der Waals surface area contributed by atoms with E-state index in [1.165, 1.54) is 37.3 Å². The number of ether oxygens (including phenoxy) is 2. The van der Waals surface area contributed by atoms with Gasteiger partial charge in [0.05, 0.1) is 30.4 Å². The van der Waals surface area contributed by atoms with Crippen molar-refractivity contribution >= 4 is 29.1 Å². The zero-order chi connectivity index (χ0) is 21.1. The molecule has 0 aromatic heterocycles. The Kier molecular flexibility index (Phi) is 6.10. The van der Waals surface area contributed by atoms with Crippen LogP contribution >= 0.6 is 11.6 Å². The summed E-state index contributed by atoms with van der Waals surface area (Å²) < 4.78 is 10.2. The monoisotopic (exact) mass is 417 g/mol. The summed E-state index contributed by atoms with van der Waals surface area (Å²) in [6, 6.07) is 9.86. The van der Waals surface area contributed by atoms with Crippen molar-refractivity contribution in [3.63, 3.8) is 0 Å². The molecule has 3 rings (SSSR count). The minimum Gasteiger partial charge on any atom is -0.508 e. The van der Waals surface area contributed by atoms with Gasteiger partial charge in [0, 0.05) is 19.2 Å². The molecule has 1 heterocycles. The van der Waals surface area contributed by atoms with E-state index in [0.717, 1.165) is 0 Å². The molecule has 0 spiro atoms. The molecule has 0 radical (unpaired) electrons. The first kappa shape index (κ1) is 20.7. The SMILES string of the molecule is COCCN1C(=O)C(=O)/C(=C(\O)c2ccc(OC)c(Cl)c2)C1c1ccc(O)cc1. The third kappa shape index (κ3) is 3.92. The summed E-state index contributed by atoms with van der Waals surface area (Å²) in [5.41, 5.74) is 0.793. The summed E-state index contributed by atoms with van der Waals surface area (Å²) in [7, 11) is 2.96. The number of hydrogen-bond donors (Lipinski definition) is 2. The number of aromatic hydroxyl groups is 1. The number of nitrogens with zero attached hydrogens (tertiary/aromatic N) is 1. The minimum absolute atomic E-state index is 0.0459. The third-order valence-electron chi connectivity index (χ3n) is 4.71. The number of likely N-dealkylation sites (tertiary alicyclic amines) is 1. The number of hydrogen-bond acceptors (Lipinski definition) is 6. The van der Waals surface area contributed by atoms with Crippen LogP contribution in [0.1, 0.15) is 17.2 Å². The maximum absolute atomic E-state index is 12.8. The molecule has 1 aliphatic heterocycles. The third-order valence-corrected chi connectivity index (χ3v) is 5.01. The molecule has 2 aromatic rings. The molecule has 1 fully saturated rings. The van der Waals surface area contributed by atoms with Gasteiger partial charge in [-0.3, -0.25) is 9.59 Å². The van der Waals surface area contributed by atoms with E-state index < -0.39 is 17.7 Å². The van der Waals surface area contributed by atoms with Gasteiger partial charge in [0.15, 0.2) is 0 Å². The first-order valence-corrected chi connectivity index (χ1v) is 9.17. The van der Waals surface area contributed by atoms with Crippen LogP contribution in [0.4, 0.5) is 0 Å². The van der Waals surface area contributed by atoms with E-state index >= 15 is 0 Å². The van der Waals surface area contributed by atoms with Gasteiger partial charge in [-0.25, -0.2) is 0 Å². The Morgan fingerprint density at radius 3 is 2.41 bits per heavy atom. The smallest absolute Gasteiger partial charge is 0.295 e. The number of carbonyl (C=O) groups excluding carboxylic acids is 2. The summed E-state index contributed by atoms with van der Waals surface area (Å²) >= 11 is 6.15. The van der Waals surface area contributed by atoms with Crippen molar-refractivity contribution in [1.82, 2.24) is 4.90 Å². The molecule has 8 heteroatoms. The van der Waals surface area contributed by atoms with Gasteiger partial charge < -0.3 is 24.6 Å². The number of ketones is 1. The van der Waals surface area contributed by atoms with Crippen molar-refractivity contribution in [2.45, 2.75) is 6.04 Å². The molecule has 29 heavy (non-hydrogen) atoms. The highest BCUT2D eigenvalue weighted by atomic mass is 35.5. The molecule has 0 bridgehead atoms. The van der Waals surface area contributed by atoms with E-state index in [1.54, 1.807) is 24.3 Å². The fraction of sp³-hybridized carbons (Fsp3) is 0.238. The predicted octanol–water partition coefficient (Wildman–Crippen LogP) is 3.12. The number of aliphatic hydroxyl groups is 1. The maximum Gasteiger partial charge on any atom is 0.295 e. The van der Waals surface area contributed by atoms with Crippen LogP contribution < -0.4 is 4.74 Å². The average molecular weight is 418 g/mol. The lowest BCUT2D eigenvalue weighted by atomic mass is 9.95. The van der Waals surface area contributed by atoms with E-state index in [4.69, 9.17) is 21.1 Å². The van der Waals surface area contributed by atoms with E-state index in [2.05, 4.69) is 0 Å². The van der Waals surface area contributed by atoms with Crippen LogP contribution in [-0.4, -0.2) is 54.2 Å². The van der Waals surface area contributed by atoms with E-state index in [9.17, 15) is 19.8 Å². The molecule has 1 saturated heterocycles. The normalized spacial score (nSPS) is 18.3. The lowest BCUT2D eigenvalue weighted by Crippen LogP contribution is -2.32. The number of methoxy groups -OCH3 is 2. The summed E-state index contributed by atoms with van der Waals surface area (Å²) in [6.07, 6.45) is 0. The van der Waals surface area contributed by atoms with Gasteiger partial charge in [-0.05, 0) is 35.9 Å². The van der Waals surface area contributed by atoms with Crippen molar-refractivity contribution in [3.05, 3.63) is 64.2 Å². The number of phenols is 1.